The summed E-state index contributed by atoms with van der Waals surface area (Å²) in [5.74, 6) is -4.16. The van der Waals surface area contributed by atoms with E-state index in [0.29, 0.717) is 18.4 Å². The van der Waals surface area contributed by atoms with Crippen LogP contribution in [-0.4, -0.2) is 29.8 Å². The summed E-state index contributed by atoms with van der Waals surface area (Å²) >= 11 is 0. The molecule has 1 unspecified atom stereocenters. The number of aliphatic carboxylic acids is 1. The molecule has 0 bridgehead atoms. The van der Waals surface area contributed by atoms with Crippen molar-refractivity contribution < 1.29 is 27.1 Å². The molecule has 1 aliphatic heterocycles. The zero-order valence-electron chi connectivity index (χ0n) is 16.2. The molecule has 1 heterocycles. The maximum atomic E-state index is 14.6. The van der Waals surface area contributed by atoms with Crippen LogP contribution in [0.5, 0.6) is 0 Å². The van der Waals surface area contributed by atoms with E-state index in [1.165, 1.54) is 11.2 Å². The van der Waals surface area contributed by atoms with Crippen molar-refractivity contribution in [3.63, 3.8) is 0 Å². The summed E-state index contributed by atoms with van der Waals surface area (Å²) in [6.07, 6.45) is 1.05. The minimum absolute atomic E-state index is 0.118. The van der Waals surface area contributed by atoms with E-state index in [1.807, 2.05) is 0 Å². The molecule has 0 radical (unpaired) electrons. The highest BCUT2D eigenvalue weighted by Gasteiger charge is 2.40. The van der Waals surface area contributed by atoms with Crippen molar-refractivity contribution in [2.75, 3.05) is 0 Å². The lowest BCUT2D eigenvalue weighted by atomic mass is 9.98. The van der Waals surface area contributed by atoms with Gasteiger partial charge in [0.15, 0.2) is 0 Å². The molecule has 0 aliphatic carbocycles. The van der Waals surface area contributed by atoms with Crippen LogP contribution in [0, 0.1) is 11.6 Å². The van der Waals surface area contributed by atoms with Gasteiger partial charge < -0.3 is 5.11 Å². The number of hydrogen-bond donors (Lipinski definition) is 1. The van der Waals surface area contributed by atoms with E-state index in [-0.39, 0.29) is 23.7 Å². The van der Waals surface area contributed by atoms with Crippen LogP contribution in [0.4, 0.5) is 8.78 Å². The molecule has 0 aromatic heterocycles. The minimum Gasteiger partial charge on any atom is -0.481 e. The van der Waals surface area contributed by atoms with Crippen LogP contribution < -0.4 is 0 Å². The average Bonchev–Trinajstić information content (AvgIpc) is 2.67. The van der Waals surface area contributed by atoms with Gasteiger partial charge in [0.1, 0.15) is 16.9 Å². The second-order valence-electron chi connectivity index (χ2n) is 7.44. The van der Waals surface area contributed by atoms with Gasteiger partial charge in [0.25, 0.3) is 0 Å². The second kappa shape index (κ2) is 8.20. The van der Waals surface area contributed by atoms with E-state index in [1.54, 1.807) is 37.3 Å². The lowest BCUT2D eigenvalue weighted by molar-refractivity contribution is -0.138. The van der Waals surface area contributed by atoms with Gasteiger partial charge in [-0.2, -0.15) is 4.31 Å². The second-order valence-corrected chi connectivity index (χ2v) is 9.51. The Morgan fingerprint density at radius 1 is 1.17 bits per heavy atom. The molecule has 2 aromatic rings. The first-order chi connectivity index (χ1) is 13.6. The van der Waals surface area contributed by atoms with Crippen LogP contribution in [0.15, 0.2) is 42.5 Å². The fourth-order valence-electron chi connectivity index (χ4n) is 3.71. The molecule has 156 valence electrons. The van der Waals surface area contributed by atoms with Gasteiger partial charge in [-0.15, -0.1) is 0 Å². The third kappa shape index (κ3) is 4.18. The summed E-state index contributed by atoms with van der Waals surface area (Å²) in [7, 11) is -3.78. The van der Waals surface area contributed by atoms with Gasteiger partial charge in [-0.05, 0) is 44.4 Å². The molecule has 1 saturated heterocycles. The van der Waals surface area contributed by atoms with Crippen molar-refractivity contribution >= 4 is 16.0 Å². The third-order valence-corrected chi connectivity index (χ3v) is 7.89. The van der Waals surface area contributed by atoms with Gasteiger partial charge in [0.2, 0.25) is 10.0 Å². The molecule has 5 nitrogen and oxygen atoms in total. The molecule has 1 N–H and O–H groups in total. The summed E-state index contributed by atoms with van der Waals surface area (Å²) < 4.78 is 56.7. The lowest BCUT2D eigenvalue weighted by Crippen LogP contribution is -2.44. The number of halogens is 2. The van der Waals surface area contributed by atoms with Gasteiger partial charge in [0, 0.05) is 23.7 Å². The van der Waals surface area contributed by atoms with E-state index in [9.17, 15) is 22.0 Å². The van der Waals surface area contributed by atoms with Gasteiger partial charge >= 0.3 is 5.97 Å². The van der Waals surface area contributed by atoms with E-state index in [0.717, 1.165) is 12.1 Å². The summed E-state index contributed by atoms with van der Waals surface area (Å²) in [6.45, 7) is 2.70. The largest absolute Gasteiger partial charge is 0.481 e. The highest BCUT2D eigenvalue weighted by atomic mass is 32.2. The Balaban J connectivity index is 1.94. The van der Waals surface area contributed by atoms with Crippen molar-refractivity contribution in [1.29, 1.82) is 0 Å². The molecule has 2 aromatic carbocycles. The van der Waals surface area contributed by atoms with Crippen molar-refractivity contribution in [3.05, 3.63) is 70.8 Å². The van der Waals surface area contributed by atoms with Crippen LogP contribution in [-0.2, 0) is 21.4 Å². The van der Waals surface area contributed by atoms with Crippen LogP contribution in [0.1, 0.15) is 54.5 Å². The number of carbonyl (C=O) groups is 1. The monoisotopic (exact) mass is 423 g/mol. The highest BCUT2D eigenvalue weighted by molar-refractivity contribution is 7.89. The van der Waals surface area contributed by atoms with Crippen molar-refractivity contribution in [2.24, 2.45) is 0 Å². The van der Waals surface area contributed by atoms with E-state index in [4.69, 9.17) is 5.11 Å². The molecular weight excluding hydrogens is 400 g/mol. The molecular formula is C21H23F2NO4S. The molecule has 0 spiro atoms. The third-order valence-electron chi connectivity index (χ3n) is 5.52. The highest BCUT2D eigenvalue weighted by Crippen LogP contribution is 2.38. The molecule has 3 atom stereocenters. The Morgan fingerprint density at radius 2 is 1.83 bits per heavy atom. The number of nitrogens with zero attached hydrogens (tertiary/aromatic N) is 1. The molecule has 0 amide bonds. The predicted octanol–water partition coefficient (Wildman–Crippen LogP) is 4.21. The van der Waals surface area contributed by atoms with Crippen molar-refractivity contribution in [2.45, 2.75) is 50.4 Å². The number of rotatable bonds is 5. The van der Waals surface area contributed by atoms with Gasteiger partial charge in [-0.1, -0.05) is 30.3 Å². The summed E-state index contributed by atoms with van der Waals surface area (Å²) in [4.78, 5) is 11.1. The van der Waals surface area contributed by atoms with E-state index < -0.39 is 38.8 Å². The zero-order chi connectivity index (χ0) is 21.3. The molecule has 1 aliphatic rings. The Morgan fingerprint density at radius 3 is 2.45 bits per heavy atom. The summed E-state index contributed by atoms with van der Waals surface area (Å²) in [5, 5.41) is 8.31. The maximum Gasteiger partial charge on any atom is 0.310 e. The number of carboxylic acid groups (broad SMARTS) is 1. The van der Waals surface area contributed by atoms with Crippen LogP contribution in [0.2, 0.25) is 0 Å². The van der Waals surface area contributed by atoms with Crippen LogP contribution >= 0.6 is 0 Å². The van der Waals surface area contributed by atoms with Crippen LogP contribution in [0.3, 0.4) is 0 Å². The molecule has 8 heteroatoms. The summed E-state index contributed by atoms with van der Waals surface area (Å²) in [6, 6.07) is 10.2. The van der Waals surface area contributed by atoms with E-state index >= 15 is 0 Å². The Kier molecular flexibility index (Phi) is 6.05. The summed E-state index contributed by atoms with van der Waals surface area (Å²) in [5.41, 5.74) is 0.283. The number of benzene rings is 2. The zero-order valence-corrected chi connectivity index (χ0v) is 17.0. The average molecular weight is 423 g/mol. The first-order valence-corrected chi connectivity index (χ1v) is 10.9. The van der Waals surface area contributed by atoms with Crippen molar-refractivity contribution in [1.82, 2.24) is 4.31 Å². The fraction of sp³-hybridized carbons (Fsp3) is 0.381. The molecule has 29 heavy (non-hydrogen) atoms. The Labute approximate surface area is 169 Å². The number of sulfonamides is 1. The number of hydrogen-bond acceptors (Lipinski definition) is 3. The molecule has 1 fully saturated rings. The lowest BCUT2D eigenvalue weighted by Gasteiger charge is -2.37. The first kappa shape index (κ1) is 21.4. The number of carboxylic acids is 1. The van der Waals surface area contributed by atoms with Gasteiger partial charge in [-0.3, -0.25) is 4.79 Å². The fourth-order valence-corrected chi connectivity index (χ4v) is 5.90. The predicted molar refractivity (Wildman–Crippen MR) is 105 cm³/mol. The quantitative estimate of drug-likeness (QED) is 0.782. The smallest absolute Gasteiger partial charge is 0.310 e. The Hall–Kier alpha value is -2.32. The standard InChI is InChI=1S/C21H23F2NO4S/c1-13-8-9-20(15-6-4-3-5-7-15)29(27,28)24(13)12-16-10-19(23)17(11-18(16)22)14(2)21(25)26/h3-7,10-11,13-14,20H,8-9,12H2,1-2H3,(H,25,26)/t13-,14?,20+/m0/s1. The van der Waals surface area contributed by atoms with Gasteiger partial charge in [-0.25, -0.2) is 17.2 Å². The van der Waals surface area contributed by atoms with Crippen LogP contribution in [0.25, 0.3) is 0 Å². The van der Waals surface area contributed by atoms with Gasteiger partial charge in [0.05, 0.1) is 5.92 Å². The van der Waals surface area contributed by atoms with E-state index in [2.05, 4.69) is 0 Å². The van der Waals surface area contributed by atoms with Crippen molar-refractivity contribution in [3.8, 4) is 0 Å². The minimum atomic E-state index is -3.78. The molecule has 0 saturated carbocycles. The first-order valence-electron chi connectivity index (χ1n) is 9.39. The molecule has 3 rings (SSSR count). The SMILES string of the molecule is CC(C(=O)O)c1cc(F)c(CN2[C@@H](C)CC[C@H](c3ccccc3)S2(=O)=O)cc1F. The normalized spacial score (nSPS) is 22.9. The topological polar surface area (TPSA) is 74.7 Å². The maximum absolute atomic E-state index is 14.6. The Bertz CT molecular complexity index is 1010.